The second-order valence-electron chi connectivity index (χ2n) is 6.04. The van der Waals surface area contributed by atoms with Gasteiger partial charge in [0.15, 0.2) is 0 Å². The van der Waals surface area contributed by atoms with Crippen LogP contribution in [0, 0.1) is 5.41 Å². The van der Waals surface area contributed by atoms with Crippen molar-refractivity contribution in [2.24, 2.45) is 5.41 Å². The van der Waals surface area contributed by atoms with E-state index in [2.05, 4.69) is 26.1 Å². The van der Waals surface area contributed by atoms with Crippen LogP contribution in [0.1, 0.15) is 32.8 Å². The number of aliphatic hydroxyl groups excluding tert-OH is 1. The van der Waals surface area contributed by atoms with Gasteiger partial charge in [-0.25, -0.2) is 0 Å². The topological polar surface area (TPSA) is 61.7 Å². The molecule has 1 atom stereocenters. The van der Waals surface area contributed by atoms with Crippen molar-refractivity contribution >= 4 is 0 Å². The smallest absolute Gasteiger partial charge is 0.120 e. The van der Waals surface area contributed by atoms with E-state index in [-0.39, 0.29) is 17.3 Å². The molecule has 0 radical (unpaired) electrons. The zero-order chi connectivity index (χ0) is 14.5. The van der Waals surface area contributed by atoms with Crippen LogP contribution in [0.15, 0.2) is 18.2 Å². The van der Waals surface area contributed by atoms with Crippen LogP contribution < -0.4 is 10.1 Å². The van der Waals surface area contributed by atoms with Gasteiger partial charge in [0.05, 0.1) is 13.2 Å². The van der Waals surface area contributed by atoms with Crippen molar-refractivity contribution < 1.29 is 14.9 Å². The maximum absolute atomic E-state index is 9.88. The van der Waals surface area contributed by atoms with Gasteiger partial charge in [0.25, 0.3) is 0 Å². The maximum Gasteiger partial charge on any atom is 0.120 e. The van der Waals surface area contributed by atoms with E-state index in [1.165, 1.54) is 0 Å². The predicted octanol–water partition coefficient (Wildman–Crippen LogP) is 2.29. The molecule has 0 saturated carbocycles. The molecular weight excluding hydrogens is 242 g/mol. The van der Waals surface area contributed by atoms with Crippen molar-refractivity contribution in [1.82, 2.24) is 5.32 Å². The van der Waals surface area contributed by atoms with E-state index >= 15 is 0 Å². The van der Waals surface area contributed by atoms with Gasteiger partial charge in [0.2, 0.25) is 0 Å². The van der Waals surface area contributed by atoms with Crippen LogP contribution in [0.25, 0.3) is 0 Å². The molecule has 4 nitrogen and oxygen atoms in total. The number of benzene rings is 1. The van der Waals surface area contributed by atoms with Crippen molar-refractivity contribution in [3.8, 4) is 11.5 Å². The monoisotopic (exact) mass is 267 g/mol. The molecule has 0 bridgehead atoms. The summed E-state index contributed by atoms with van der Waals surface area (Å²) in [5.41, 5.74) is 0.876. The summed E-state index contributed by atoms with van der Waals surface area (Å²) in [6.07, 6.45) is 0.358. The number of aromatic hydroxyl groups is 1. The number of methoxy groups -OCH3 is 1. The summed E-state index contributed by atoms with van der Waals surface area (Å²) in [5, 5.41) is 22.8. The first kappa shape index (κ1) is 15.8. The van der Waals surface area contributed by atoms with Crippen LogP contribution in [-0.4, -0.2) is 30.0 Å². The van der Waals surface area contributed by atoms with Crippen molar-refractivity contribution in [2.75, 3.05) is 13.7 Å². The minimum Gasteiger partial charge on any atom is -0.508 e. The highest BCUT2D eigenvalue weighted by molar-refractivity contribution is 5.39. The second kappa shape index (κ2) is 6.78. The highest BCUT2D eigenvalue weighted by Gasteiger charge is 2.16. The fourth-order valence-corrected chi connectivity index (χ4v) is 1.98. The summed E-state index contributed by atoms with van der Waals surface area (Å²) in [5.74, 6) is 0.948. The van der Waals surface area contributed by atoms with Crippen molar-refractivity contribution in [2.45, 2.75) is 39.8 Å². The first-order chi connectivity index (χ1) is 8.81. The number of ether oxygens (including phenoxy) is 1. The Labute approximate surface area is 115 Å². The number of phenols is 1. The molecule has 0 saturated heterocycles. The Morgan fingerprint density at radius 2 is 2.00 bits per heavy atom. The molecule has 0 heterocycles. The number of rotatable bonds is 6. The standard InChI is InChI=1S/C15H25NO3/c1-15(2,3)8-12(17)10-16-9-11-7-13(19-4)5-6-14(11)18/h5-7,12,16-18H,8-10H2,1-4H3. The Kier molecular flexibility index (Phi) is 5.63. The first-order valence-corrected chi connectivity index (χ1v) is 6.56. The second-order valence-corrected chi connectivity index (χ2v) is 6.04. The molecule has 0 spiro atoms. The van der Waals surface area contributed by atoms with Gasteiger partial charge in [-0.05, 0) is 30.0 Å². The number of nitrogens with one attached hydrogen (secondary N) is 1. The number of hydrogen-bond acceptors (Lipinski definition) is 4. The number of phenolic OH excluding ortho intramolecular Hbond substituents is 1. The normalized spacial score (nSPS) is 13.3. The molecule has 0 aromatic heterocycles. The molecule has 0 aliphatic heterocycles. The number of aliphatic hydroxyl groups is 1. The Balaban J connectivity index is 2.45. The SMILES string of the molecule is COc1ccc(O)c(CNCC(O)CC(C)(C)C)c1. The van der Waals surface area contributed by atoms with Crippen LogP contribution in [-0.2, 0) is 6.54 Å². The lowest BCUT2D eigenvalue weighted by Gasteiger charge is -2.22. The van der Waals surface area contributed by atoms with Crippen molar-refractivity contribution in [3.05, 3.63) is 23.8 Å². The minimum absolute atomic E-state index is 0.110. The Hall–Kier alpha value is -1.26. The molecule has 1 aromatic carbocycles. The van der Waals surface area contributed by atoms with Gasteiger partial charge in [-0.3, -0.25) is 0 Å². The third-order valence-corrected chi connectivity index (χ3v) is 2.83. The minimum atomic E-state index is -0.382. The molecule has 0 aliphatic carbocycles. The van der Waals surface area contributed by atoms with Crippen molar-refractivity contribution in [3.63, 3.8) is 0 Å². The molecule has 4 heteroatoms. The Morgan fingerprint density at radius 1 is 1.32 bits per heavy atom. The van der Waals surface area contributed by atoms with Crippen LogP contribution in [0.3, 0.4) is 0 Å². The molecule has 19 heavy (non-hydrogen) atoms. The molecule has 108 valence electrons. The maximum atomic E-state index is 9.88. The third kappa shape index (κ3) is 5.94. The van der Waals surface area contributed by atoms with E-state index < -0.39 is 0 Å². The van der Waals surface area contributed by atoms with Gasteiger partial charge in [0, 0.05) is 18.7 Å². The van der Waals surface area contributed by atoms with Crippen LogP contribution in [0.4, 0.5) is 0 Å². The zero-order valence-electron chi connectivity index (χ0n) is 12.2. The summed E-state index contributed by atoms with van der Waals surface area (Å²) in [7, 11) is 1.59. The van der Waals surface area contributed by atoms with Crippen LogP contribution >= 0.6 is 0 Å². The van der Waals surface area contributed by atoms with Crippen LogP contribution in [0.5, 0.6) is 11.5 Å². The van der Waals surface area contributed by atoms with Crippen molar-refractivity contribution in [1.29, 1.82) is 0 Å². The van der Waals surface area contributed by atoms with Gasteiger partial charge < -0.3 is 20.3 Å². The Morgan fingerprint density at radius 3 is 2.58 bits per heavy atom. The summed E-state index contributed by atoms with van der Waals surface area (Å²) in [6.45, 7) is 7.32. The van der Waals surface area contributed by atoms with Crippen LogP contribution in [0.2, 0.25) is 0 Å². The molecular formula is C15H25NO3. The van der Waals surface area contributed by atoms with Gasteiger partial charge in [-0.15, -0.1) is 0 Å². The summed E-state index contributed by atoms with van der Waals surface area (Å²) in [4.78, 5) is 0. The lowest BCUT2D eigenvalue weighted by atomic mass is 9.89. The van der Waals surface area contributed by atoms with E-state index in [1.807, 2.05) is 0 Å². The molecule has 3 N–H and O–H groups in total. The average Bonchev–Trinajstić information content (AvgIpc) is 2.29. The largest absolute Gasteiger partial charge is 0.508 e. The average molecular weight is 267 g/mol. The molecule has 0 aliphatic rings. The lowest BCUT2D eigenvalue weighted by Crippen LogP contribution is -2.29. The van der Waals surface area contributed by atoms with Gasteiger partial charge in [-0.2, -0.15) is 0 Å². The molecule has 1 rings (SSSR count). The molecule has 1 unspecified atom stereocenters. The predicted molar refractivity (Wildman–Crippen MR) is 76.4 cm³/mol. The summed E-state index contributed by atoms with van der Waals surface area (Å²) >= 11 is 0. The fraction of sp³-hybridized carbons (Fsp3) is 0.600. The molecule has 0 amide bonds. The van der Waals surface area contributed by atoms with Gasteiger partial charge in [-0.1, -0.05) is 20.8 Å². The molecule has 1 aromatic rings. The first-order valence-electron chi connectivity index (χ1n) is 6.56. The molecule has 0 fully saturated rings. The summed E-state index contributed by atoms with van der Waals surface area (Å²) in [6, 6.07) is 5.12. The van der Waals surface area contributed by atoms with Gasteiger partial charge in [0.1, 0.15) is 11.5 Å². The van der Waals surface area contributed by atoms with E-state index in [0.717, 1.165) is 12.0 Å². The fourth-order valence-electron chi connectivity index (χ4n) is 1.98. The quantitative estimate of drug-likeness (QED) is 0.740. The van der Waals surface area contributed by atoms with E-state index in [4.69, 9.17) is 4.74 Å². The van der Waals surface area contributed by atoms with E-state index in [0.29, 0.717) is 18.8 Å². The highest BCUT2D eigenvalue weighted by Crippen LogP contribution is 2.23. The Bertz CT molecular complexity index is 399. The van der Waals surface area contributed by atoms with Gasteiger partial charge >= 0.3 is 0 Å². The zero-order valence-corrected chi connectivity index (χ0v) is 12.2. The lowest BCUT2D eigenvalue weighted by molar-refractivity contribution is 0.119. The third-order valence-electron chi connectivity index (χ3n) is 2.83. The highest BCUT2D eigenvalue weighted by atomic mass is 16.5. The van der Waals surface area contributed by atoms with E-state index in [9.17, 15) is 10.2 Å². The number of hydrogen-bond donors (Lipinski definition) is 3. The summed E-state index contributed by atoms with van der Waals surface area (Å²) < 4.78 is 5.11. The van der Waals surface area contributed by atoms with E-state index in [1.54, 1.807) is 25.3 Å².